The molecule has 0 radical (unpaired) electrons. The normalized spacial score (nSPS) is 13.9. The SMILES string of the molecule is CC#CCC(O)C(C)(C)N(C)C. The molecule has 0 fully saturated rings. The van der Waals surface area contributed by atoms with Gasteiger partial charge in [-0.1, -0.05) is 0 Å². The molecule has 2 heteroatoms. The Hall–Kier alpha value is -0.520. The largest absolute Gasteiger partial charge is 0.390 e. The van der Waals surface area contributed by atoms with Crippen LogP contribution in [0.1, 0.15) is 27.2 Å². The Morgan fingerprint density at radius 2 is 1.92 bits per heavy atom. The zero-order chi connectivity index (χ0) is 9.78. The monoisotopic (exact) mass is 169 g/mol. The minimum atomic E-state index is -0.389. The Kier molecular flexibility index (Phi) is 4.30. The average molecular weight is 169 g/mol. The molecule has 0 aromatic rings. The van der Waals surface area contributed by atoms with E-state index in [0.717, 1.165) is 0 Å². The zero-order valence-corrected chi connectivity index (χ0v) is 8.68. The third kappa shape index (κ3) is 2.84. The topological polar surface area (TPSA) is 23.5 Å². The second kappa shape index (κ2) is 4.49. The van der Waals surface area contributed by atoms with Crippen molar-refractivity contribution in [2.24, 2.45) is 0 Å². The maximum atomic E-state index is 9.73. The fourth-order valence-electron chi connectivity index (χ4n) is 0.747. The van der Waals surface area contributed by atoms with Gasteiger partial charge in [-0.25, -0.2) is 0 Å². The predicted octanol–water partition coefficient (Wildman–Crippen LogP) is 1.10. The first kappa shape index (κ1) is 11.5. The molecule has 0 aliphatic rings. The molecule has 1 atom stereocenters. The van der Waals surface area contributed by atoms with E-state index in [-0.39, 0.29) is 11.6 Å². The maximum Gasteiger partial charge on any atom is 0.0827 e. The van der Waals surface area contributed by atoms with E-state index < -0.39 is 0 Å². The van der Waals surface area contributed by atoms with Crippen molar-refractivity contribution in [2.45, 2.75) is 38.8 Å². The highest BCUT2D eigenvalue weighted by molar-refractivity contribution is 5.01. The van der Waals surface area contributed by atoms with Crippen LogP contribution in [-0.4, -0.2) is 35.7 Å². The molecule has 0 aromatic carbocycles. The van der Waals surface area contributed by atoms with Crippen LogP contribution in [0.5, 0.6) is 0 Å². The summed E-state index contributed by atoms with van der Waals surface area (Å²) >= 11 is 0. The van der Waals surface area contributed by atoms with Gasteiger partial charge in [0, 0.05) is 12.0 Å². The summed E-state index contributed by atoms with van der Waals surface area (Å²) in [5, 5.41) is 9.73. The first-order chi connectivity index (χ1) is 5.42. The Morgan fingerprint density at radius 1 is 1.42 bits per heavy atom. The first-order valence-corrected chi connectivity index (χ1v) is 4.18. The Bertz CT molecular complexity index is 186. The highest BCUT2D eigenvalue weighted by atomic mass is 16.3. The predicted molar refractivity (Wildman–Crippen MR) is 51.8 cm³/mol. The molecular weight excluding hydrogens is 150 g/mol. The fraction of sp³-hybridized carbons (Fsp3) is 0.800. The lowest BCUT2D eigenvalue weighted by Crippen LogP contribution is -2.48. The van der Waals surface area contributed by atoms with Crippen molar-refractivity contribution in [3.8, 4) is 11.8 Å². The van der Waals surface area contributed by atoms with E-state index >= 15 is 0 Å². The van der Waals surface area contributed by atoms with Crippen LogP contribution in [0.3, 0.4) is 0 Å². The van der Waals surface area contributed by atoms with E-state index in [9.17, 15) is 5.11 Å². The summed E-state index contributed by atoms with van der Waals surface area (Å²) in [6, 6.07) is 0. The number of hydrogen-bond donors (Lipinski definition) is 1. The van der Waals surface area contributed by atoms with Crippen molar-refractivity contribution in [3.63, 3.8) is 0 Å². The molecule has 0 saturated carbocycles. The molecule has 0 aliphatic heterocycles. The molecule has 0 rings (SSSR count). The van der Waals surface area contributed by atoms with Gasteiger partial charge in [-0.15, -0.1) is 11.8 Å². The van der Waals surface area contributed by atoms with Gasteiger partial charge in [0.15, 0.2) is 0 Å². The lowest BCUT2D eigenvalue weighted by atomic mass is 9.94. The van der Waals surface area contributed by atoms with Crippen molar-refractivity contribution < 1.29 is 5.11 Å². The van der Waals surface area contributed by atoms with Crippen molar-refractivity contribution in [1.82, 2.24) is 4.90 Å². The molecule has 0 amide bonds. The van der Waals surface area contributed by atoms with Crippen molar-refractivity contribution in [2.75, 3.05) is 14.1 Å². The van der Waals surface area contributed by atoms with Gasteiger partial charge in [0.1, 0.15) is 0 Å². The highest BCUT2D eigenvalue weighted by Crippen LogP contribution is 2.17. The maximum absolute atomic E-state index is 9.73. The van der Waals surface area contributed by atoms with E-state index in [2.05, 4.69) is 11.8 Å². The van der Waals surface area contributed by atoms with E-state index in [1.165, 1.54) is 0 Å². The standard InChI is InChI=1S/C10H19NO/c1-6-7-8-9(12)10(2,3)11(4)5/h9,12H,8H2,1-5H3. The van der Waals surface area contributed by atoms with Crippen molar-refractivity contribution in [1.29, 1.82) is 0 Å². The van der Waals surface area contributed by atoms with Gasteiger partial charge >= 0.3 is 0 Å². The molecule has 12 heavy (non-hydrogen) atoms. The van der Waals surface area contributed by atoms with Gasteiger partial charge < -0.3 is 10.0 Å². The number of nitrogens with zero attached hydrogens (tertiary/aromatic N) is 1. The number of rotatable bonds is 3. The molecule has 0 aromatic heterocycles. The Balaban J connectivity index is 4.21. The van der Waals surface area contributed by atoms with E-state index in [1.807, 2.05) is 32.8 Å². The van der Waals surface area contributed by atoms with Crippen LogP contribution in [-0.2, 0) is 0 Å². The van der Waals surface area contributed by atoms with Gasteiger partial charge in [-0.05, 0) is 34.9 Å². The van der Waals surface area contributed by atoms with Gasteiger partial charge in [0.05, 0.1) is 6.10 Å². The number of aliphatic hydroxyl groups excluding tert-OH is 1. The average Bonchev–Trinajstić information content (AvgIpc) is 1.99. The minimum absolute atomic E-state index is 0.205. The van der Waals surface area contributed by atoms with Gasteiger partial charge in [0.2, 0.25) is 0 Å². The van der Waals surface area contributed by atoms with Gasteiger partial charge in [-0.3, -0.25) is 0 Å². The van der Waals surface area contributed by atoms with Gasteiger partial charge in [-0.2, -0.15) is 0 Å². The summed E-state index contributed by atoms with van der Waals surface area (Å²) in [4.78, 5) is 2.01. The fourth-order valence-corrected chi connectivity index (χ4v) is 0.747. The quantitative estimate of drug-likeness (QED) is 0.640. The van der Waals surface area contributed by atoms with Crippen molar-refractivity contribution in [3.05, 3.63) is 0 Å². The Labute approximate surface area is 75.6 Å². The van der Waals surface area contributed by atoms with Crippen molar-refractivity contribution >= 4 is 0 Å². The second-order valence-corrected chi connectivity index (χ2v) is 3.69. The minimum Gasteiger partial charge on any atom is -0.390 e. The molecular formula is C10H19NO. The molecule has 0 heterocycles. The zero-order valence-electron chi connectivity index (χ0n) is 8.68. The van der Waals surface area contributed by atoms with E-state index in [4.69, 9.17) is 0 Å². The lowest BCUT2D eigenvalue weighted by molar-refractivity contribution is 0.0213. The summed E-state index contributed by atoms with van der Waals surface area (Å²) in [6.07, 6.45) is 0.154. The van der Waals surface area contributed by atoms with Crippen LogP contribution in [0.15, 0.2) is 0 Å². The molecule has 1 N–H and O–H groups in total. The summed E-state index contributed by atoms with van der Waals surface area (Å²) in [5.74, 6) is 5.66. The van der Waals surface area contributed by atoms with Crippen LogP contribution >= 0.6 is 0 Å². The molecule has 0 bridgehead atoms. The van der Waals surface area contributed by atoms with E-state index in [0.29, 0.717) is 6.42 Å². The van der Waals surface area contributed by atoms with Crippen LogP contribution in [0, 0.1) is 11.8 Å². The molecule has 0 saturated heterocycles. The number of hydrogen-bond acceptors (Lipinski definition) is 2. The van der Waals surface area contributed by atoms with Gasteiger partial charge in [0.25, 0.3) is 0 Å². The second-order valence-electron chi connectivity index (χ2n) is 3.69. The van der Waals surface area contributed by atoms with Crippen LogP contribution < -0.4 is 0 Å². The van der Waals surface area contributed by atoms with E-state index in [1.54, 1.807) is 6.92 Å². The van der Waals surface area contributed by atoms with Crippen LogP contribution in [0.2, 0.25) is 0 Å². The first-order valence-electron chi connectivity index (χ1n) is 4.18. The summed E-state index contributed by atoms with van der Waals surface area (Å²) in [7, 11) is 3.92. The molecule has 0 aliphatic carbocycles. The third-order valence-electron chi connectivity index (χ3n) is 2.44. The Morgan fingerprint density at radius 3 is 2.25 bits per heavy atom. The smallest absolute Gasteiger partial charge is 0.0827 e. The molecule has 0 spiro atoms. The summed E-state index contributed by atoms with van der Waals surface area (Å²) < 4.78 is 0. The summed E-state index contributed by atoms with van der Waals surface area (Å²) in [6.45, 7) is 5.80. The molecule has 70 valence electrons. The third-order valence-corrected chi connectivity index (χ3v) is 2.44. The number of aliphatic hydroxyl groups is 1. The molecule has 2 nitrogen and oxygen atoms in total. The van der Waals surface area contributed by atoms with Crippen LogP contribution in [0.25, 0.3) is 0 Å². The molecule has 1 unspecified atom stereocenters. The lowest BCUT2D eigenvalue weighted by Gasteiger charge is -2.36. The van der Waals surface area contributed by atoms with Crippen LogP contribution in [0.4, 0.5) is 0 Å². The summed E-state index contributed by atoms with van der Waals surface area (Å²) in [5.41, 5.74) is -0.205. The highest BCUT2D eigenvalue weighted by Gasteiger charge is 2.28. The number of likely N-dealkylation sites (N-methyl/N-ethyl adjacent to an activating group) is 1.